The molecule has 0 aliphatic carbocycles. The lowest BCUT2D eigenvalue weighted by molar-refractivity contribution is -0.121. The Kier molecular flexibility index (Phi) is 5.80. The third-order valence-electron chi connectivity index (χ3n) is 4.74. The maximum absolute atomic E-state index is 13.6. The van der Waals surface area contributed by atoms with E-state index in [1.807, 2.05) is 32.0 Å². The van der Waals surface area contributed by atoms with Gasteiger partial charge >= 0.3 is 0 Å². The highest BCUT2D eigenvalue weighted by Crippen LogP contribution is 2.23. The molecule has 0 bridgehead atoms. The molecule has 3 rings (SSSR count). The van der Waals surface area contributed by atoms with Crippen molar-refractivity contribution in [3.05, 3.63) is 63.9 Å². The Morgan fingerprint density at radius 2 is 1.85 bits per heavy atom. The molecule has 2 aromatic rings. The Bertz CT molecular complexity index is 864. The van der Waals surface area contributed by atoms with Crippen LogP contribution in [0.1, 0.15) is 34.3 Å². The predicted molar refractivity (Wildman–Crippen MR) is 105 cm³/mol. The number of nitrogens with zero attached hydrogens (tertiary/aromatic N) is 1. The van der Waals surface area contributed by atoms with E-state index in [4.69, 9.17) is 11.6 Å². The van der Waals surface area contributed by atoms with Gasteiger partial charge in [0.15, 0.2) is 0 Å². The maximum atomic E-state index is 13.6. The van der Waals surface area contributed by atoms with Gasteiger partial charge in [-0.15, -0.1) is 0 Å². The number of anilines is 1. The summed E-state index contributed by atoms with van der Waals surface area (Å²) < 4.78 is 13.6. The van der Waals surface area contributed by atoms with E-state index in [0.717, 1.165) is 17.5 Å². The van der Waals surface area contributed by atoms with Crippen LogP contribution >= 0.6 is 11.6 Å². The number of piperidine rings is 1. The summed E-state index contributed by atoms with van der Waals surface area (Å²) >= 11 is 5.67. The molecule has 1 aliphatic rings. The van der Waals surface area contributed by atoms with Crippen molar-refractivity contribution in [2.75, 3.05) is 18.4 Å². The summed E-state index contributed by atoms with van der Waals surface area (Å²) in [4.78, 5) is 27.1. The second-order valence-electron chi connectivity index (χ2n) is 7.08. The molecule has 6 heteroatoms. The van der Waals surface area contributed by atoms with E-state index in [9.17, 15) is 14.0 Å². The molecule has 4 nitrogen and oxygen atoms in total. The summed E-state index contributed by atoms with van der Waals surface area (Å²) in [6, 6.07) is 9.93. The van der Waals surface area contributed by atoms with E-state index in [1.165, 1.54) is 12.1 Å². The molecule has 27 heavy (non-hydrogen) atoms. The lowest BCUT2D eigenvalue weighted by Gasteiger charge is -2.32. The van der Waals surface area contributed by atoms with Gasteiger partial charge in [0.2, 0.25) is 5.91 Å². The van der Waals surface area contributed by atoms with Crippen LogP contribution in [0.25, 0.3) is 0 Å². The molecular weight excluding hydrogens is 367 g/mol. The van der Waals surface area contributed by atoms with E-state index in [1.54, 1.807) is 11.0 Å². The molecule has 0 spiro atoms. The number of hydrogen-bond donors (Lipinski definition) is 1. The zero-order chi connectivity index (χ0) is 19.6. The average Bonchev–Trinajstić information content (AvgIpc) is 2.63. The fraction of sp³-hybridized carbons (Fsp3) is 0.333. The first-order chi connectivity index (χ1) is 12.8. The first kappa shape index (κ1) is 19.4. The van der Waals surface area contributed by atoms with Crippen molar-refractivity contribution in [2.24, 2.45) is 5.92 Å². The van der Waals surface area contributed by atoms with Gasteiger partial charge in [-0.05, 0) is 57.0 Å². The van der Waals surface area contributed by atoms with Gasteiger partial charge in [-0.3, -0.25) is 9.59 Å². The quantitative estimate of drug-likeness (QED) is 0.836. The van der Waals surface area contributed by atoms with Gasteiger partial charge in [-0.2, -0.15) is 0 Å². The van der Waals surface area contributed by atoms with Gasteiger partial charge in [-0.1, -0.05) is 28.8 Å². The first-order valence-electron chi connectivity index (χ1n) is 8.97. The number of likely N-dealkylation sites (tertiary alicyclic amines) is 1. The first-order valence-corrected chi connectivity index (χ1v) is 9.35. The fourth-order valence-electron chi connectivity index (χ4n) is 3.47. The van der Waals surface area contributed by atoms with Crippen molar-refractivity contribution in [3.8, 4) is 0 Å². The van der Waals surface area contributed by atoms with Crippen LogP contribution in [0.3, 0.4) is 0 Å². The second kappa shape index (κ2) is 8.09. The topological polar surface area (TPSA) is 49.4 Å². The summed E-state index contributed by atoms with van der Waals surface area (Å²) in [7, 11) is 0. The highest BCUT2D eigenvalue weighted by molar-refractivity contribution is 6.30. The lowest BCUT2D eigenvalue weighted by Crippen LogP contribution is -2.43. The van der Waals surface area contributed by atoms with E-state index in [-0.39, 0.29) is 22.8 Å². The highest BCUT2D eigenvalue weighted by Gasteiger charge is 2.29. The monoisotopic (exact) mass is 388 g/mol. The van der Waals surface area contributed by atoms with Crippen molar-refractivity contribution in [2.45, 2.75) is 26.7 Å². The molecule has 1 unspecified atom stereocenters. The van der Waals surface area contributed by atoms with Gasteiger partial charge in [-0.25, -0.2) is 4.39 Å². The Balaban J connectivity index is 1.68. The van der Waals surface area contributed by atoms with Crippen molar-refractivity contribution in [1.82, 2.24) is 4.90 Å². The standard InChI is InChI=1S/C21H22ClFN2O2/c1-13-8-14(2)10-16(9-13)21(27)25-7-3-4-15(12-25)20(26)24-17-5-6-18(22)19(23)11-17/h5-6,8-11,15H,3-4,7,12H2,1-2H3,(H,24,26). The number of amides is 2. The maximum Gasteiger partial charge on any atom is 0.253 e. The van der Waals surface area contributed by atoms with Crippen LogP contribution < -0.4 is 5.32 Å². The number of carbonyl (C=O) groups is 2. The third-order valence-corrected chi connectivity index (χ3v) is 5.04. The van der Waals surface area contributed by atoms with Gasteiger partial charge in [0.1, 0.15) is 5.82 Å². The zero-order valence-corrected chi connectivity index (χ0v) is 16.1. The van der Waals surface area contributed by atoms with Gasteiger partial charge in [0.05, 0.1) is 10.9 Å². The SMILES string of the molecule is Cc1cc(C)cc(C(=O)N2CCCC(C(=O)Nc3ccc(Cl)c(F)c3)C2)c1. The van der Waals surface area contributed by atoms with Crippen LogP contribution in [0.5, 0.6) is 0 Å². The summed E-state index contributed by atoms with van der Waals surface area (Å²) in [6.45, 7) is 4.90. The average molecular weight is 389 g/mol. The number of hydrogen-bond acceptors (Lipinski definition) is 2. The number of nitrogens with one attached hydrogen (secondary N) is 1. The molecule has 1 fully saturated rings. The van der Waals surface area contributed by atoms with Crippen LogP contribution in [0, 0.1) is 25.6 Å². The normalized spacial score (nSPS) is 16.9. The Labute approximate surface area is 163 Å². The van der Waals surface area contributed by atoms with Crippen molar-refractivity contribution >= 4 is 29.1 Å². The fourth-order valence-corrected chi connectivity index (χ4v) is 3.59. The summed E-state index contributed by atoms with van der Waals surface area (Å²) in [6.07, 6.45) is 1.45. The molecule has 142 valence electrons. The molecule has 0 saturated carbocycles. The number of rotatable bonds is 3. The van der Waals surface area contributed by atoms with Crippen molar-refractivity contribution < 1.29 is 14.0 Å². The minimum absolute atomic E-state index is 0.0101. The molecule has 1 N–H and O–H groups in total. The third kappa shape index (κ3) is 4.66. The second-order valence-corrected chi connectivity index (χ2v) is 7.49. The molecule has 0 aromatic heterocycles. The van der Waals surface area contributed by atoms with Gasteiger partial charge < -0.3 is 10.2 Å². The van der Waals surface area contributed by atoms with Crippen LogP contribution in [-0.4, -0.2) is 29.8 Å². The molecule has 1 saturated heterocycles. The molecular formula is C21H22ClFN2O2. The number of aryl methyl sites for hydroxylation is 2. The summed E-state index contributed by atoms with van der Waals surface area (Å²) in [5.74, 6) is -1.18. The van der Waals surface area contributed by atoms with Crippen molar-refractivity contribution in [3.63, 3.8) is 0 Å². The Morgan fingerprint density at radius 1 is 1.15 bits per heavy atom. The summed E-state index contributed by atoms with van der Waals surface area (Å²) in [5, 5.41) is 2.73. The Hall–Kier alpha value is -2.40. The molecule has 1 atom stereocenters. The van der Waals surface area contributed by atoms with Crippen LogP contribution in [0.2, 0.25) is 5.02 Å². The van der Waals surface area contributed by atoms with Crippen LogP contribution in [0.4, 0.5) is 10.1 Å². The summed E-state index contributed by atoms with van der Waals surface area (Å²) in [5.41, 5.74) is 3.08. The minimum Gasteiger partial charge on any atom is -0.338 e. The smallest absolute Gasteiger partial charge is 0.253 e. The van der Waals surface area contributed by atoms with Crippen LogP contribution in [-0.2, 0) is 4.79 Å². The minimum atomic E-state index is -0.579. The van der Waals surface area contributed by atoms with Crippen LogP contribution in [0.15, 0.2) is 36.4 Å². The molecule has 1 aliphatic heterocycles. The predicted octanol–water partition coefficient (Wildman–Crippen LogP) is 4.59. The van der Waals surface area contributed by atoms with Gasteiger partial charge in [0, 0.05) is 24.3 Å². The largest absolute Gasteiger partial charge is 0.338 e. The molecule has 0 radical (unpaired) electrons. The molecule has 2 aromatic carbocycles. The zero-order valence-electron chi connectivity index (χ0n) is 15.4. The lowest BCUT2D eigenvalue weighted by atomic mass is 9.96. The number of halogens is 2. The van der Waals surface area contributed by atoms with E-state index < -0.39 is 5.82 Å². The van der Waals surface area contributed by atoms with E-state index in [2.05, 4.69) is 5.32 Å². The molecule has 2 amide bonds. The highest BCUT2D eigenvalue weighted by atomic mass is 35.5. The van der Waals surface area contributed by atoms with E-state index in [0.29, 0.717) is 30.8 Å². The van der Waals surface area contributed by atoms with Crippen molar-refractivity contribution in [1.29, 1.82) is 0 Å². The van der Waals surface area contributed by atoms with Gasteiger partial charge in [0.25, 0.3) is 5.91 Å². The number of benzene rings is 2. The Morgan fingerprint density at radius 3 is 2.52 bits per heavy atom. The number of carbonyl (C=O) groups excluding carboxylic acids is 2. The van der Waals surface area contributed by atoms with E-state index >= 15 is 0 Å². The molecule has 1 heterocycles.